The van der Waals surface area contributed by atoms with E-state index < -0.39 is 0 Å². The molecule has 1 aromatic carbocycles. The number of likely N-dealkylation sites (N-methyl/N-ethyl adjacent to an activating group) is 1. The Bertz CT molecular complexity index is 746. The number of nitrogens with one attached hydrogen (secondary N) is 1. The fourth-order valence-electron chi connectivity index (χ4n) is 2.61. The molecule has 134 valence electrons. The number of benzene rings is 1. The van der Waals surface area contributed by atoms with E-state index in [1.807, 2.05) is 40.1 Å². The van der Waals surface area contributed by atoms with Crippen LogP contribution < -0.4 is 5.32 Å². The third-order valence-electron chi connectivity index (χ3n) is 3.91. The Labute approximate surface area is 158 Å². The second-order valence-corrected chi connectivity index (χ2v) is 7.58. The van der Waals surface area contributed by atoms with Crippen LogP contribution >= 0.6 is 15.9 Å². The van der Waals surface area contributed by atoms with Crippen LogP contribution in [0, 0.1) is 6.92 Å². The molecule has 0 saturated heterocycles. The molecule has 1 atom stereocenters. The van der Waals surface area contributed by atoms with Crippen molar-refractivity contribution in [2.75, 3.05) is 20.6 Å². The first-order valence-electron chi connectivity index (χ1n) is 8.33. The van der Waals surface area contributed by atoms with Crippen molar-refractivity contribution in [3.63, 3.8) is 0 Å². The van der Waals surface area contributed by atoms with E-state index >= 15 is 0 Å². The topological polar surface area (TPSA) is 58.1 Å². The highest BCUT2D eigenvalue weighted by Crippen LogP contribution is 2.21. The van der Waals surface area contributed by atoms with Crippen molar-refractivity contribution in [2.24, 2.45) is 0 Å². The van der Waals surface area contributed by atoms with Gasteiger partial charge in [0.1, 0.15) is 11.5 Å². The molecule has 2 aromatic rings. The maximum atomic E-state index is 12.9. The average Bonchev–Trinajstić information content (AvgIpc) is 2.54. The normalized spacial score (nSPS) is 12.5. The summed E-state index contributed by atoms with van der Waals surface area (Å²) in [5.74, 6) is 0.619. The first-order chi connectivity index (χ1) is 11.8. The van der Waals surface area contributed by atoms with Gasteiger partial charge in [0.25, 0.3) is 5.91 Å². The summed E-state index contributed by atoms with van der Waals surface area (Å²) in [4.78, 5) is 23.6. The van der Waals surface area contributed by atoms with E-state index in [0.29, 0.717) is 22.5 Å². The van der Waals surface area contributed by atoms with E-state index in [1.54, 1.807) is 6.20 Å². The number of carbonyl (C=O) groups excluding carboxylic acids is 1. The first-order valence-corrected chi connectivity index (χ1v) is 9.12. The summed E-state index contributed by atoms with van der Waals surface area (Å²) in [6.07, 6.45) is 1.64. The van der Waals surface area contributed by atoms with Crippen molar-refractivity contribution in [2.45, 2.75) is 32.7 Å². The standard InChI is InChI=1S/C19H25BrN4O/c1-12(2)18-21-10-15(20)17(23-18)19(25)22-16(11-24(4)5)14-9-7-6-8-13(14)3/h6-10,12,16H,11H2,1-5H3,(H,22,25). The second kappa shape index (κ2) is 8.54. The maximum absolute atomic E-state index is 12.9. The van der Waals surface area contributed by atoms with Gasteiger partial charge in [0.05, 0.1) is 10.5 Å². The quantitative estimate of drug-likeness (QED) is 0.796. The zero-order chi connectivity index (χ0) is 18.6. The van der Waals surface area contributed by atoms with Crippen LogP contribution in [0.15, 0.2) is 34.9 Å². The molecule has 0 aliphatic rings. The summed E-state index contributed by atoms with van der Waals surface area (Å²) in [5.41, 5.74) is 2.63. The summed E-state index contributed by atoms with van der Waals surface area (Å²) in [6, 6.07) is 7.99. The van der Waals surface area contributed by atoms with Gasteiger partial charge in [-0.2, -0.15) is 0 Å². The van der Waals surface area contributed by atoms with Gasteiger partial charge in [-0.25, -0.2) is 9.97 Å². The molecule has 0 spiro atoms. The number of nitrogens with zero attached hydrogens (tertiary/aromatic N) is 3. The van der Waals surface area contributed by atoms with Crippen molar-refractivity contribution < 1.29 is 4.79 Å². The van der Waals surface area contributed by atoms with Gasteiger partial charge >= 0.3 is 0 Å². The molecule has 0 fully saturated rings. The molecule has 2 rings (SSSR count). The lowest BCUT2D eigenvalue weighted by Crippen LogP contribution is -2.36. The Balaban J connectivity index is 2.31. The monoisotopic (exact) mass is 404 g/mol. The van der Waals surface area contributed by atoms with Gasteiger partial charge in [0, 0.05) is 18.7 Å². The fraction of sp³-hybridized carbons (Fsp3) is 0.421. The van der Waals surface area contributed by atoms with Gasteiger partial charge in [-0.3, -0.25) is 4.79 Å². The second-order valence-electron chi connectivity index (χ2n) is 6.72. The molecule has 6 heteroatoms. The number of rotatable bonds is 6. The summed E-state index contributed by atoms with van der Waals surface area (Å²) >= 11 is 3.40. The van der Waals surface area contributed by atoms with Crippen molar-refractivity contribution in [1.82, 2.24) is 20.2 Å². The molecular weight excluding hydrogens is 380 g/mol. The summed E-state index contributed by atoms with van der Waals surface area (Å²) in [7, 11) is 3.99. The third kappa shape index (κ3) is 5.09. The molecule has 1 heterocycles. The van der Waals surface area contributed by atoms with E-state index in [2.05, 4.69) is 55.2 Å². The Morgan fingerprint density at radius 2 is 1.96 bits per heavy atom. The Morgan fingerprint density at radius 3 is 2.56 bits per heavy atom. The molecule has 1 amide bonds. The van der Waals surface area contributed by atoms with E-state index in [9.17, 15) is 4.79 Å². The molecule has 0 bridgehead atoms. The van der Waals surface area contributed by atoms with Gasteiger partial charge in [0.2, 0.25) is 0 Å². The highest BCUT2D eigenvalue weighted by Gasteiger charge is 2.21. The average molecular weight is 405 g/mol. The number of halogens is 1. The Morgan fingerprint density at radius 1 is 1.28 bits per heavy atom. The van der Waals surface area contributed by atoms with Crippen LogP contribution in [0.5, 0.6) is 0 Å². The molecule has 1 aromatic heterocycles. The van der Waals surface area contributed by atoms with Crippen LogP contribution in [-0.4, -0.2) is 41.4 Å². The largest absolute Gasteiger partial charge is 0.343 e. The SMILES string of the molecule is Cc1ccccc1C(CN(C)C)NC(=O)c1nc(C(C)C)ncc1Br. The summed E-state index contributed by atoms with van der Waals surface area (Å²) in [5, 5.41) is 3.13. The Hall–Kier alpha value is -1.79. The molecule has 1 N–H and O–H groups in total. The van der Waals surface area contributed by atoms with Crippen LogP contribution in [0.25, 0.3) is 0 Å². The summed E-state index contributed by atoms with van der Waals surface area (Å²) < 4.78 is 0.600. The number of aromatic nitrogens is 2. The molecule has 0 saturated carbocycles. The van der Waals surface area contributed by atoms with E-state index in [-0.39, 0.29) is 17.9 Å². The van der Waals surface area contributed by atoms with Crippen LogP contribution in [0.2, 0.25) is 0 Å². The van der Waals surface area contributed by atoms with E-state index in [1.165, 1.54) is 0 Å². The smallest absolute Gasteiger partial charge is 0.271 e. The van der Waals surface area contributed by atoms with E-state index in [0.717, 1.165) is 11.1 Å². The van der Waals surface area contributed by atoms with Crippen LogP contribution in [0.3, 0.4) is 0 Å². The third-order valence-corrected chi connectivity index (χ3v) is 4.49. The predicted molar refractivity (Wildman–Crippen MR) is 104 cm³/mol. The van der Waals surface area contributed by atoms with Gasteiger partial charge in [-0.1, -0.05) is 38.1 Å². The van der Waals surface area contributed by atoms with Crippen molar-refractivity contribution in [1.29, 1.82) is 0 Å². The number of hydrogen-bond donors (Lipinski definition) is 1. The number of hydrogen-bond acceptors (Lipinski definition) is 4. The molecular formula is C19H25BrN4O. The molecule has 0 aliphatic heterocycles. The van der Waals surface area contributed by atoms with Gasteiger partial charge in [-0.05, 0) is 48.1 Å². The predicted octanol–water partition coefficient (Wildman–Crippen LogP) is 3.70. The van der Waals surface area contributed by atoms with Crippen LogP contribution in [0.1, 0.15) is 53.2 Å². The molecule has 25 heavy (non-hydrogen) atoms. The lowest BCUT2D eigenvalue weighted by molar-refractivity contribution is 0.0923. The minimum absolute atomic E-state index is 0.118. The summed E-state index contributed by atoms with van der Waals surface area (Å²) in [6.45, 7) is 6.78. The molecule has 5 nitrogen and oxygen atoms in total. The highest BCUT2D eigenvalue weighted by atomic mass is 79.9. The number of aryl methyl sites for hydroxylation is 1. The van der Waals surface area contributed by atoms with Gasteiger partial charge in [-0.15, -0.1) is 0 Å². The number of carbonyl (C=O) groups is 1. The fourth-order valence-corrected chi connectivity index (χ4v) is 2.98. The minimum atomic E-state index is -0.203. The van der Waals surface area contributed by atoms with Crippen molar-refractivity contribution in [3.05, 3.63) is 57.6 Å². The maximum Gasteiger partial charge on any atom is 0.271 e. The zero-order valence-electron chi connectivity index (χ0n) is 15.4. The highest BCUT2D eigenvalue weighted by molar-refractivity contribution is 9.10. The van der Waals surface area contributed by atoms with Crippen LogP contribution in [-0.2, 0) is 0 Å². The number of amides is 1. The minimum Gasteiger partial charge on any atom is -0.343 e. The van der Waals surface area contributed by atoms with Crippen LogP contribution in [0.4, 0.5) is 0 Å². The Kier molecular flexibility index (Phi) is 6.67. The molecule has 0 radical (unpaired) electrons. The molecule has 0 aliphatic carbocycles. The van der Waals surface area contributed by atoms with Gasteiger partial charge < -0.3 is 10.2 Å². The lowest BCUT2D eigenvalue weighted by Gasteiger charge is -2.24. The van der Waals surface area contributed by atoms with Gasteiger partial charge in [0.15, 0.2) is 0 Å². The first kappa shape index (κ1) is 19.5. The lowest BCUT2D eigenvalue weighted by atomic mass is 10.0. The molecule has 1 unspecified atom stereocenters. The van der Waals surface area contributed by atoms with E-state index in [4.69, 9.17) is 0 Å². The van der Waals surface area contributed by atoms with Crippen molar-refractivity contribution in [3.8, 4) is 0 Å². The zero-order valence-corrected chi connectivity index (χ0v) is 17.0. The van der Waals surface area contributed by atoms with Crippen molar-refractivity contribution >= 4 is 21.8 Å².